The number of halogens is 18. The summed E-state index contributed by atoms with van der Waals surface area (Å²) < 4.78 is 287. The summed E-state index contributed by atoms with van der Waals surface area (Å²) in [6, 6.07) is 2.91. The van der Waals surface area contributed by atoms with Gasteiger partial charge in [0.25, 0.3) is 0 Å². The van der Waals surface area contributed by atoms with Crippen molar-refractivity contribution in [1.82, 2.24) is 19.9 Å². The van der Waals surface area contributed by atoms with Gasteiger partial charge in [-0.05, 0) is 34.4 Å². The molecule has 2 atom stereocenters. The molecular formula is C44H8F18N4O2Zn. The predicted molar refractivity (Wildman–Crippen MR) is 196 cm³/mol. The molecule has 4 aliphatic rings. The van der Waals surface area contributed by atoms with Crippen LogP contribution in [0.5, 0.6) is 11.5 Å². The van der Waals surface area contributed by atoms with Gasteiger partial charge in [-0.15, -0.1) is 22.1 Å². The van der Waals surface area contributed by atoms with Crippen molar-refractivity contribution >= 4 is 34.2 Å². The fourth-order valence-electron chi connectivity index (χ4n) is 8.44. The maximum Gasteiger partial charge on any atom is 2.00 e. The molecule has 0 saturated carbocycles. The molecule has 0 fully saturated rings. The van der Waals surface area contributed by atoms with E-state index in [1.54, 1.807) is 0 Å². The molecule has 0 radical (unpaired) electrons. The molecular weight excluding hydrogens is 1020 g/mol. The molecule has 25 heteroatoms. The van der Waals surface area contributed by atoms with Gasteiger partial charge >= 0.3 is 19.5 Å². The van der Waals surface area contributed by atoms with Crippen molar-refractivity contribution in [3.63, 3.8) is 0 Å². The van der Waals surface area contributed by atoms with E-state index < -0.39 is 218 Å². The summed E-state index contributed by atoms with van der Waals surface area (Å²) in [5, 5.41) is 0. The van der Waals surface area contributed by atoms with E-state index in [1.807, 2.05) is 0 Å². The molecule has 0 N–H and O–H groups in total. The van der Waals surface area contributed by atoms with Crippen molar-refractivity contribution in [3.8, 4) is 56.0 Å². The fourth-order valence-corrected chi connectivity index (χ4v) is 8.44. The minimum absolute atomic E-state index is 0. The summed E-state index contributed by atoms with van der Waals surface area (Å²) in [6.07, 6.45) is -3.08. The Labute approximate surface area is 381 Å². The maximum absolute atomic E-state index is 16.1. The van der Waals surface area contributed by atoms with Crippen LogP contribution in [-0.4, -0.2) is 9.97 Å². The zero-order valence-corrected chi connectivity index (χ0v) is 35.7. The third-order valence-corrected chi connectivity index (χ3v) is 11.4. The van der Waals surface area contributed by atoms with E-state index in [0.717, 1.165) is 12.1 Å². The minimum atomic E-state index is -2.68. The molecule has 0 amide bonds. The average molecular weight is 1030 g/mol. The molecule has 0 spiro atoms. The Kier molecular flexibility index (Phi) is 10.1. The van der Waals surface area contributed by atoms with E-state index in [0.29, 0.717) is 24.3 Å². The SMILES string of the molecule is Fc1c(F)c(F)c(-c2c3nc(c(-c4c(F)c(F)c(F)c(F)c4F)c4ccc([n-]4)c4c5nc6c(c7ccc2[n-]7)-c2c(F)c(F)c(F)c(F)c2O[C@H]6[C@H]5Oc2c(F)c(F)c(F)c(F)c2-4)C=C3)c(F)c1F.[Zn+2]. The summed E-state index contributed by atoms with van der Waals surface area (Å²) in [5.41, 5.74) is -17.8. The van der Waals surface area contributed by atoms with Gasteiger partial charge < -0.3 is 19.4 Å². The monoisotopic (exact) mass is 1030 g/mol. The van der Waals surface area contributed by atoms with Crippen molar-refractivity contribution in [2.75, 3.05) is 0 Å². The molecule has 3 aromatic heterocycles. The molecule has 6 nitrogen and oxygen atoms in total. The van der Waals surface area contributed by atoms with Gasteiger partial charge in [-0.25, -0.2) is 80.2 Å². The number of nitrogens with zero attached hydrogens (tertiary/aromatic N) is 4. The maximum atomic E-state index is 16.1. The molecule has 4 aliphatic heterocycles. The second kappa shape index (κ2) is 15.4. The zero-order chi connectivity index (χ0) is 48.4. The third-order valence-electron chi connectivity index (χ3n) is 11.4. The number of hydrogen-bond acceptors (Lipinski definition) is 4. The van der Waals surface area contributed by atoms with Gasteiger partial charge in [-0.3, -0.25) is 0 Å². The van der Waals surface area contributed by atoms with Crippen LogP contribution in [0, 0.1) is 105 Å². The van der Waals surface area contributed by atoms with Crippen LogP contribution >= 0.6 is 0 Å². The summed E-state index contributed by atoms with van der Waals surface area (Å²) in [5.74, 6) is -47.8. The van der Waals surface area contributed by atoms with E-state index in [2.05, 4.69) is 19.9 Å². The first-order chi connectivity index (χ1) is 32.2. The third kappa shape index (κ3) is 5.94. The molecule has 11 rings (SSSR count). The fraction of sp³-hybridized carbons (Fsp3) is 0.0455. The van der Waals surface area contributed by atoms with Crippen LogP contribution in [0.25, 0.3) is 78.7 Å². The number of aromatic nitrogens is 4. The largest absolute Gasteiger partial charge is 2.00 e. The molecule has 69 heavy (non-hydrogen) atoms. The van der Waals surface area contributed by atoms with Crippen molar-refractivity contribution in [3.05, 3.63) is 152 Å². The van der Waals surface area contributed by atoms with Crippen LogP contribution in [0.4, 0.5) is 79.0 Å². The van der Waals surface area contributed by atoms with E-state index in [-0.39, 0.29) is 19.5 Å². The van der Waals surface area contributed by atoms with Gasteiger partial charge in [0, 0.05) is 0 Å². The van der Waals surface area contributed by atoms with Crippen molar-refractivity contribution in [2.24, 2.45) is 0 Å². The second-order valence-corrected chi connectivity index (χ2v) is 14.9. The van der Waals surface area contributed by atoms with Gasteiger partial charge in [0.05, 0.1) is 45.0 Å². The van der Waals surface area contributed by atoms with Crippen LogP contribution < -0.4 is 19.4 Å². The first-order valence-electron chi connectivity index (χ1n) is 18.7. The van der Waals surface area contributed by atoms with Gasteiger partial charge in [0.1, 0.15) is 0 Å². The number of hydrogen-bond donors (Lipinski definition) is 0. The Bertz CT molecular complexity index is 3480. The van der Waals surface area contributed by atoms with Gasteiger partial charge in [0.15, 0.2) is 93.5 Å². The van der Waals surface area contributed by atoms with Crippen molar-refractivity contribution in [2.45, 2.75) is 12.2 Å². The summed E-state index contributed by atoms with van der Waals surface area (Å²) in [4.78, 5) is 16.5. The molecule has 7 heterocycles. The molecule has 4 aromatic carbocycles. The molecule has 0 unspecified atom stereocenters. The normalized spacial score (nSPS) is 15.2. The van der Waals surface area contributed by atoms with E-state index in [4.69, 9.17) is 9.47 Å². The predicted octanol–water partition coefficient (Wildman–Crippen LogP) is 12.5. The number of fused-ring (bicyclic) bond motifs is 13. The molecule has 344 valence electrons. The first-order valence-corrected chi connectivity index (χ1v) is 18.7. The minimum Gasteiger partial charge on any atom is -0.657 e. The van der Waals surface area contributed by atoms with Gasteiger partial charge in [-0.2, -0.15) is 8.78 Å². The topological polar surface area (TPSA) is 72.4 Å². The summed E-state index contributed by atoms with van der Waals surface area (Å²) in [6.45, 7) is 0. The van der Waals surface area contributed by atoms with E-state index in [1.165, 1.54) is 0 Å². The van der Waals surface area contributed by atoms with Crippen LogP contribution in [0.2, 0.25) is 0 Å². The van der Waals surface area contributed by atoms with Crippen LogP contribution in [0.1, 0.15) is 35.0 Å². The van der Waals surface area contributed by atoms with Gasteiger partial charge in [0.2, 0.25) is 34.9 Å². The Morgan fingerprint density at radius 3 is 0.884 bits per heavy atom. The van der Waals surface area contributed by atoms with Crippen molar-refractivity contribution in [1.29, 1.82) is 0 Å². The Morgan fingerprint density at radius 1 is 0.304 bits per heavy atom. The molecule has 0 saturated heterocycles. The zero-order valence-electron chi connectivity index (χ0n) is 32.7. The smallest absolute Gasteiger partial charge is 0.657 e. The number of ether oxygens (including phenoxy) is 2. The summed E-state index contributed by atoms with van der Waals surface area (Å²) >= 11 is 0. The van der Waals surface area contributed by atoms with Crippen LogP contribution in [0.3, 0.4) is 0 Å². The standard InChI is InChI=1S/C44H8F18N4O2.Zn/c45-21-17(22(46)28(52)33(57)27(21)51)13-7-1-2-8(63-7)14(18-23(47)29(53)34(58)30(54)24(18)48)10-4-6-12(65-10)16-20-26(50)32(56)36(60)38(62)42(20)68-44-40(16)66-39-15(11-5-3-9(13)64-11)19-25(49)31(55)35(59)37(61)41(19)67-43(39)44;/h1-6,43-44H;/q-2;+2/t43-,44+;. The quantitative estimate of drug-likeness (QED) is 0.0743. The van der Waals surface area contributed by atoms with E-state index >= 15 is 43.9 Å². The second-order valence-electron chi connectivity index (χ2n) is 14.9. The van der Waals surface area contributed by atoms with E-state index in [9.17, 15) is 35.1 Å². The Balaban J connectivity index is 0.00000553. The van der Waals surface area contributed by atoms with Gasteiger partial charge in [-0.1, -0.05) is 24.3 Å². The number of benzene rings is 4. The number of rotatable bonds is 2. The Morgan fingerprint density at radius 2 is 0.565 bits per heavy atom. The average Bonchev–Trinajstić information content (AvgIpc) is 4.17. The molecule has 0 aliphatic carbocycles. The molecule has 7 aromatic rings. The van der Waals surface area contributed by atoms with Crippen LogP contribution in [0.15, 0.2) is 24.3 Å². The first kappa shape index (κ1) is 45.5. The Hall–Kier alpha value is -7.30. The molecule has 8 bridgehead atoms. The van der Waals surface area contributed by atoms with Crippen LogP contribution in [-0.2, 0) is 19.5 Å². The van der Waals surface area contributed by atoms with Crippen molar-refractivity contribution < 1.29 is 108 Å². The summed E-state index contributed by atoms with van der Waals surface area (Å²) in [7, 11) is 0.